The minimum absolute atomic E-state index is 0.170. The molecule has 0 aromatic carbocycles. The van der Waals surface area contributed by atoms with Crippen LogP contribution in [-0.2, 0) is 14.8 Å². The van der Waals surface area contributed by atoms with E-state index in [-0.39, 0.29) is 5.92 Å². The van der Waals surface area contributed by atoms with Crippen LogP contribution in [0.1, 0.15) is 19.6 Å². The fourth-order valence-corrected chi connectivity index (χ4v) is 5.93. The number of rotatable bonds is 5. The normalized spacial score (nSPS) is 27.4. The number of imide groups is 1. The van der Waals surface area contributed by atoms with Crippen molar-refractivity contribution in [2.75, 3.05) is 31.9 Å². The highest BCUT2D eigenvalue weighted by atomic mass is 32.2. The summed E-state index contributed by atoms with van der Waals surface area (Å²) < 4.78 is 32.7. The van der Waals surface area contributed by atoms with E-state index in [1.54, 1.807) is 6.26 Å². The van der Waals surface area contributed by atoms with Crippen LogP contribution in [0.3, 0.4) is 0 Å². The Balaban J connectivity index is 1.43. The van der Waals surface area contributed by atoms with Gasteiger partial charge < -0.3 is 14.6 Å². The highest BCUT2D eigenvalue weighted by Crippen LogP contribution is 2.27. The van der Waals surface area contributed by atoms with Gasteiger partial charge in [0.25, 0.3) is 5.91 Å². The maximum Gasteiger partial charge on any atom is 0.322 e. The zero-order chi connectivity index (χ0) is 22.2. The van der Waals surface area contributed by atoms with Crippen LogP contribution in [0.2, 0.25) is 0 Å². The number of piperazine rings is 1. The lowest BCUT2D eigenvalue weighted by Crippen LogP contribution is -2.55. The van der Waals surface area contributed by atoms with Crippen molar-refractivity contribution in [3.63, 3.8) is 0 Å². The predicted octanol–water partition coefficient (Wildman–Crippen LogP) is 1.30. The molecule has 10 heteroatoms. The molecule has 1 aromatic rings. The molecule has 0 saturated carbocycles. The van der Waals surface area contributed by atoms with Crippen LogP contribution in [0, 0.1) is 5.92 Å². The number of nitrogens with zero attached hydrogens (tertiary/aromatic N) is 2. The zero-order valence-corrected chi connectivity index (χ0v) is 18.3. The summed E-state index contributed by atoms with van der Waals surface area (Å²) in [6, 6.07) is 3.09. The maximum absolute atomic E-state index is 12.9. The number of hydrogen-bond acceptors (Lipinski definition) is 6. The van der Waals surface area contributed by atoms with E-state index >= 15 is 0 Å². The highest BCUT2D eigenvalue weighted by molar-refractivity contribution is 7.89. The number of allylic oxidation sites excluding steroid dienone is 5. The maximum atomic E-state index is 12.9. The summed E-state index contributed by atoms with van der Waals surface area (Å²) in [4.78, 5) is 25.6. The van der Waals surface area contributed by atoms with Crippen LogP contribution in [0.15, 0.2) is 52.8 Å². The minimum atomic E-state index is -3.72. The third-order valence-electron chi connectivity index (χ3n) is 5.86. The van der Waals surface area contributed by atoms with E-state index in [1.807, 2.05) is 24.3 Å². The average Bonchev–Trinajstić information content (AvgIpc) is 3.27. The molecule has 2 saturated heterocycles. The Bertz CT molecular complexity index is 1070. The predicted molar refractivity (Wildman–Crippen MR) is 115 cm³/mol. The molecule has 3 heterocycles. The molecular formula is C21H26N4O5S. The third kappa shape index (κ3) is 4.31. The van der Waals surface area contributed by atoms with Crippen molar-refractivity contribution in [2.45, 2.75) is 19.4 Å². The molecule has 0 bridgehead atoms. The summed E-state index contributed by atoms with van der Waals surface area (Å²) >= 11 is 0. The second kappa shape index (κ2) is 8.01. The van der Waals surface area contributed by atoms with Crippen molar-refractivity contribution in [1.29, 1.82) is 0 Å². The van der Waals surface area contributed by atoms with Crippen molar-refractivity contribution in [1.82, 2.24) is 19.8 Å². The summed E-state index contributed by atoms with van der Waals surface area (Å²) in [6.45, 7) is 5.25. The number of amides is 3. The number of carbonyl (C=O) groups excluding carboxylic acids is 2. The smallest absolute Gasteiger partial charge is 0.322 e. The van der Waals surface area contributed by atoms with Gasteiger partial charge in [-0.2, -0.15) is 4.31 Å². The van der Waals surface area contributed by atoms with E-state index in [0.717, 1.165) is 17.0 Å². The van der Waals surface area contributed by atoms with Gasteiger partial charge in [0.05, 0.1) is 12.0 Å². The van der Waals surface area contributed by atoms with Crippen molar-refractivity contribution in [2.24, 2.45) is 5.92 Å². The van der Waals surface area contributed by atoms with Gasteiger partial charge in [-0.25, -0.2) is 13.2 Å². The van der Waals surface area contributed by atoms with E-state index in [9.17, 15) is 18.0 Å². The van der Waals surface area contributed by atoms with Gasteiger partial charge >= 0.3 is 6.03 Å². The standard InChI is InChI=1S/C21H26N4O5S/c1-15-5-6-16(18-4-3-13-30-18)7-8-17(15)24-9-11-25(12-10-24)31(28,29)14-21(2)19(26)22-20(27)23-21/h3-8,13,15H,9-12,14H2,1-2H3,(H2,22,23,26,27)/t15?,21-/m1/s1. The minimum Gasteiger partial charge on any atom is -0.464 e. The van der Waals surface area contributed by atoms with E-state index in [2.05, 4.69) is 34.6 Å². The largest absolute Gasteiger partial charge is 0.464 e. The van der Waals surface area contributed by atoms with Crippen LogP contribution in [0.25, 0.3) is 5.57 Å². The van der Waals surface area contributed by atoms with Crippen LogP contribution < -0.4 is 10.6 Å². The van der Waals surface area contributed by atoms with Crippen LogP contribution in [-0.4, -0.2) is 67.0 Å². The second-order valence-electron chi connectivity index (χ2n) is 8.22. The van der Waals surface area contributed by atoms with Crippen molar-refractivity contribution in [3.8, 4) is 0 Å². The molecule has 166 valence electrons. The average molecular weight is 447 g/mol. The van der Waals surface area contributed by atoms with Crippen LogP contribution >= 0.6 is 0 Å². The van der Waals surface area contributed by atoms with Gasteiger partial charge in [-0.1, -0.05) is 19.1 Å². The summed E-state index contributed by atoms with van der Waals surface area (Å²) in [5.41, 5.74) is 0.644. The number of furan rings is 1. The lowest BCUT2D eigenvalue weighted by Gasteiger charge is -2.38. The quantitative estimate of drug-likeness (QED) is 0.660. The summed E-state index contributed by atoms with van der Waals surface area (Å²) in [5, 5.41) is 4.52. The first kappa shape index (κ1) is 21.4. The Morgan fingerprint density at radius 1 is 1.19 bits per heavy atom. The first-order valence-electron chi connectivity index (χ1n) is 10.2. The molecule has 2 atom stereocenters. The number of carbonyl (C=O) groups is 2. The van der Waals surface area contributed by atoms with E-state index in [1.165, 1.54) is 11.2 Å². The Hall–Kier alpha value is -2.85. The molecule has 0 spiro atoms. The van der Waals surface area contributed by atoms with Crippen LogP contribution in [0.4, 0.5) is 4.79 Å². The zero-order valence-electron chi connectivity index (χ0n) is 17.5. The summed E-state index contributed by atoms with van der Waals surface area (Å²) in [5.74, 6) is -0.117. The molecular weight excluding hydrogens is 420 g/mol. The first-order valence-corrected chi connectivity index (χ1v) is 11.8. The lowest BCUT2D eigenvalue weighted by molar-refractivity contribution is -0.122. The molecule has 3 amide bonds. The van der Waals surface area contributed by atoms with Gasteiger partial charge in [-0.05, 0) is 31.2 Å². The van der Waals surface area contributed by atoms with Gasteiger partial charge in [0.2, 0.25) is 10.0 Å². The molecule has 4 rings (SSSR count). The van der Waals surface area contributed by atoms with Gasteiger partial charge in [0, 0.05) is 43.4 Å². The number of nitrogens with one attached hydrogen (secondary N) is 2. The lowest BCUT2D eigenvalue weighted by atomic mass is 10.1. The molecule has 3 aliphatic rings. The third-order valence-corrected chi connectivity index (χ3v) is 7.95. The fourth-order valence-electron chi connectivity index (χ4n) is 4.09. The number of sulfonamides is 1. The van der Waals surface area contributed by atoms with Gasteiger partial charge in [0.15, 0.2) is 0 Å². The highest BCUT2D eigenvalue weighted by Gasteiger charge is 2.46. The van der Waals surface area contributed by atoms with Gasteiger partial charge in [-0.3, -0.25) is 10.1 Å². The fraction of sp³-hybridized carbons (Fsp3) is 0.429. The second-order valence-corrected chi connectivity index (χ2v) is 10.2. The Kier molecular flexibility index (Phi) is 5.52. The first-order chi connectivity index (χ1) is 14.7. The molecule has 2 aliphatic heterocycles. The molecule has 2 N–H and O–H groups in total. The molecule has 1 aromatic heterocycles. The SMILES string of the molecule is CC1C=CC(c2ccco2)=CC=C1N1CCN(S(=O)(=O)C[C@@]2(C)NC(=O)NC2=O)CC1. The van der Waals surface area contributed by atoms with E-state index < -0.39 is 33.3 Å². The number of hydrogen-bond donors (Lipinski definition) is 2. The molecule has 31 heavy (non-hydrogen) atoms. The molecule has 2 fully saturated rings. The molecule has 0 radical (unpaired) electrons. The molecule has 1 aliphatic carbocycles. The topological polar surface area (TPSA) is 112 Å². The van der Waals surface area contributed by atoms with Crippen molar-refractivity contribution < 1.29 is 22.4 Å². The Morgan fingerprint density at radius 3 is 2.55 bits per heavy atom. The van der Waals surface area contributed by atoms with Crippen LogP contribution in [0.5, 0.6) is 0 Å². The monoisotopic (exact) mass is 446 g/mol. The summed E-state index contributed by atoms with van der Waals surface area (Å²) in [6.07, 6.45) is 9.86. The Morgan fingerprint density at radius 2 is 1.94 bits per heavy atom. The van der Waals surface area contributed by atoms with Gasteiger partial charge in [0.1, 0.15) is 11.3 Å². The Labute approximate surface area is 181 Å². The van der Waals surface area contributed by atoms with E-state index in [0.29, 0.717) is 26.2 Å². The van der Waals surface area contributed by atoms with Crippen molar-refractivity contribution >= 4 is 27.5 Å². The van der Waals surface area contributed by atoms with Gasteiger partial charge in [-0.15, -0.1) is 0 Å². The van der Waals surface area contributed by atoms with Crippen molar-refractivity contribution in [3.05, 3.63) is 54.2 Å². The summed E-state index contributed by atoms with van der Waals surface area (Å²) in [7, 11) is -3.72. The molecule has 9 nitrogen and oxygen atoms in total. The molecule has 1 unspecified atom stereocenters. The van der Waals surface area contributed by atoms with E-state index in [4.69, 9.17) is 4.42 Å². The number of urea groups is 1.